The molecule has 0 radical (unpaired) electrons. The molecular formula is C11H9ClO4. The number of carboxylic acids is 2. The van der Waals surface area contributed by atoms with Gasteiger partial charge in [-0.3, -0.25) is 4.79 Å². The van der Waals surface area contributed by atoms with Crippen LogP contribution in [0.25, 0.3) is 6.08 Å². The van der Waals surface area contributed by atoms with Crippen molar-refractivity contribution in [3.63, 3.8) is 0 Å². The topological polar surface area (TPSA) is 74.6 Å². The predicted molar refractivity (Wildman–Crippen MR) is 59.5 cm³/mol. The Balaban J connectivity index is 3.07. The van der Waals surface area contributed by atoms with E-state index in [4.69, 9.17) is 21.8 Å². The predicted octanol–water partition coefficient (Wildman–Crippen LogP) is 2.06. The van der Waals surface area contributed by atoms with Crippen LogP contribution >= 0.6 is 11.6 Å². The number of hydrogen-bond acceptors (Lipinski definition) is 2. The molecule has 0 saturated heterocycles. The van der Waals surface area contributed by atoms with Crippen LogP contribution < -0.4 is 0 Å². The van der Waals surface area contributed by atoms with Gasteiger partial charge in [0.15, 0.2) is 0 Å². The number of carbonyl (C=O) groups is 2. The summed E-state index contributed by atoms with van der Waals surface area (Å²) in [7, 11) is 0. The lowest BCUT2D eigenvalue weighted by Gasteiger charge is -2.03. The summed E-state index contributed by atoms with van der Waals surface area (Å²) in [4.78, 5) is 20.9. The van der Waals surface area contributed by atoms with E-state index in [9.17, 15) is 9.59 Å². The van der Waals surface area contributed by atoms with Crippen LogP contribution in [-0.4, -0.2) is 22.2 Å². The summed E-state index contributed by atoms with van der Waals surface area (Å²) in [6.07, 6.45) is 2.10. The highest BCUT2D eigenvalue weighted by Crippen LogP contribution is 2.18. The maximum atomic E-state index is 10.6. The first-order valence-corrected chi connectivity index (χ1v) is 4.78. The van der Waals surface area contributed by atoms with Crippen molar-refractivity contribution in [1.82, 2.24) is 0 Å². The standard InChI is InChI=1S/C11H9ClO4/c12-9-3-1-8(6-11(15)16)7(5-9)2-4-10(13)14/h1-5H,6H2,(H,13,14)(H,15,16). The van der Waals surface area contributed by atoms with E-state index in [-0.39, 0.29) is 6.42 Å². The van der Waals surface area contributed by atoms with Gasteiger partial charge in [0, 0.05) is 11.1 Å². The first kappa shape index (κ1) is 12.3. The van der Waals surface area contributed by atoms with Crippen molar-refractivity contribution in [2.75, 3.05) is 0 Å². The van der Waals surface area contributed by atoms with E-state index in [2.05, 4.69) is 0 Å². The van der Waals surface area contributed by atoms with Gasteiger partial charge in [-0.1, -0.05) is 17.7 Å². The van der Waals surface area contributed by atoms with Crippen molar-refractivity contribution < 1.29 is 19.8 Å². The molecule has 0 bridgehead atoms. The third kappa shape index (κ3) is 3.74. The van der Waals surface area contributed by atoms with Crippen LogP contribution in [0.2, 0.25) is 5.02 Å². The van der Waals surface area contributed by atoms with Crippen LogP contribution in [0.5, 0.6) is 0 Å². The normalized spacial score (nSPS) is 10.6. The van der Waals surface area contributed by atoms with Gasteiger partial charge in [-0.2, -0.15) is 0 Å². The van der Waals surface area contributed by atoms with Crippen LogP contribution in [0.15, 0.2) is 24.3 Å². The van der Waals surface area contributed by atoms with Crippen LogP contribution in [0.1, 0.15) is 11.1 Å². The molecule has 16 heavy (non-hydrogen) atoms. The Bertz CT molecular complexity index is 451. The summed E-state index contributed by atoms with van der Waals surface area (Å²) in [6.45, 7) is 0. The third-order valence-electron chi connectivity index (χ3n) is 1.86. The first-order valence-electron chi connectivity index (χ1n) is 4.40. The van der Waals surface area contributed by atoms with Gasteiger partial charge in [0.2, 0.25) is 0 Å². The summed E-state index contributed by atoms with van der Waals surface area (Å²) >= 11 is 5.74. The maximum Gasteiger partial charge on any atom is 0.328 e. The average molecular weight is 241 g/mol. The molecule has 0 aliphatic carbocycles. The highest BCUT2D eigenvalue weighted by Gasteiger charge is 2.05. The van der Waals surface area contributed by atoms with Crippen molar-refractivity contribution in [3.8, 4) is 0 Å². The Hall–Kier alpha value is -1.81. The number of rotatable bonds is 4. The molecule has 0 aliphatic heterocycles. The Morgan fingerprint density at radius 2 is 2.00 bits per heavy atom. The lowest BCUT2D eigenvalue weighted by Crippen LogP contribution is -2.02. The van der Waals surface area contributed by atoms with Gasteiger partial charge in [-0.25, -0.2) is 4.79 Å². The zero-order chi connectivity index (χ0) is 12.1. The lowest BCUT2D eigenvalue weighted by molar-refractivity contribution is -0.136. The van der Waals surface area contributed by atoms with E-state index < -0.39 is 11.9 Å². The fourth-order valence-corrected chi connectivity index (χ4v) is 1.39. The van der Waals surface area contributed by atoms with E-state index in [0.717, 1.165) is 6.08 Å². The van der Waals surface area contributed by atoms with Gasteiger partial charge in [0.05, 0.1) is 6.42 Å². The molecule has 0 aromatic heterocycles. The second-order valence-electron chi connectivity index (χ2n) is 3.09. The van der Waals surface area contributed by atoms with Gasteiger partial charge in [-0.05, 0) is 29.3 Å². The van der Waals surface area contributed by atoms with Crippen LogP contribution in [0.3, 0.4) is 0 Å². The van der Waals surface area contributed by atoms with Crippen molar-refractivity contribution in [1.29, 1.82) is 0 Å². The molecule has 0 aliphatic rings. The summed E-state index contributed by atoms with van der Waals surface area (Å²) in [5.41, 5.74) is 1.02. The molecule has 1 rings (SSSR count). The highest BCUT2D eigenvalue weighted by molar-refractivity contribution is 6.30. The lowest BCUT2D eigenvalue weighted by atomic mass is 10.0. The molecule has 1 aromatic rings. The second kappa shape index (κ2) is 5.32. The maximum absolute atomic E-state index is 10.6. The molecule has 0 saturated carbocycles. The molecule has 0 amide bonds. The minimum atomic E-state index is -1.10. The second-order valence-corrected chi connectivity index (χ2v) is 3.52. The summed E-state index contributed by atoms with van der Waals surface area (Å²) in [5, 5.41) is 17.6. The van der Waals surface area contributed by atoms with Crippen LogP contribution in [0, 0.1) is 0 Å². The SMILES string of the molecule is O=C(O)C=Cc1cc(Cl)ccc1CC(=O)O. The van der Waals surface area contributed by atoms with Crippen LogP contribution in [0.4, 0.5) is 0 Å². The van der Waals surface area contributed by atoms with E-state index in [1.54, 1.807) is 12.1 Å². The van der Waals surface area contributed by atoms with E-state index >= 15 is 0 Å². The van der Waals surface area contributed by atoms with Crippen molar-refractivity contribution in [2.24, 2.45) is 0 Å². The van der Waals surface area contributed by atoms with Crippen molar-refractivity contribution in [3.05, 3.63) is 40.4 Å². The summed E-state index contributed by atoms with van der Waals surface area (Å²) in [5.74, 6) is -2.08. The molecule has 0 fully saturated rings. The number of hydrogen-bond donors (Lipinski definition) is 2. The molecule has 5 heteroatoms. The number of carboxylic acid groups (broad SMARTS) is 2. The van der Waals surface area contributed by atoms with Crippen LogP contribution in [-0.2, 0) is 16.0 Å². The third-order valence-corrected chi connectivity index (χ3v) is 2.09. The van der Waals surface area contributed by atoms with Crippen molar-refractivity contribution >= 4 is 29.6 Å². The van der Waals surface area contributed by atoms with Gasteiger partial charge in [-0.15, -0.1) is 0 Å². The van der Waals surface area contributed by atoms with E-state index in [1.165, 1.54) is 12.1 Å². The largest absolute Gasteiger partial charge is 0.481 e. The zero-order valence-corrected chi connectivity index (χ0v) is 8.94. The molecular weight excluding hydrogens is 232 g/mol. The van der Waals surface area contributed by atoms with Gasteiger partial charge < -0.3 is 10.2 Å². The summed E-state index contributed by atoms with van der Waals surface area (Å²) < 4.78 is 0. The molecule has 4 nitrogen and oxygen atoms in total. The first-order chi connectivity index (χ1) is 7.49. The Morgan fingerprint density at radius 3 is 2.56 bits per heavy atom. The van der Waals surface area contributed by atoms with Gasteiger partial charge in [0.25, 0.3) is 0 Å². The number of aliphatic carboxylic acids is 2. The van der Waals surface area contributed by atoms with E-state index in [0.29, 0.717) is 16.1 Å². The molecule has 0 spiro atoms. The quantitative estimate of drug-likeness (QED) is 0.790. The Morgan fingerprint density at radius 1 is 1.31 bits per heavy atom. The minimum absolute atomic E-state index is 0.170. The monoisotopic (exact) mass is 240 g/mol. The fourth-order valence-electron chi connectivity index (χ4n) is 1.21. The minimum Gasteiger partial charge on any atom is -0.481 e. The molecule has 1 aromatic carbocycles. The van der Waals surface area contributed by atoms with Gasteiger partial charge >= 0.3 is 11.9 Å². The van der Waals surface area contributed by atoms with Gasteiger partial charge in [0.1, 0.15) is 0 Å². The number of benzene rings is 1. The average Bonchev–Trinajstić information content (AvgIpc) is 2.17. The smallest absolute Gasteiger partial charge is 0.328 e. The molecule has 0 unspecified atom stereocenters. The van der Waals surface area contributed by atoms with Crippen molar-refractivity contribution in [2.45, 2.75) is 6.42 Å². The molecule has 0 heterocycles. The highest BCUT2D eigenvalue weighted by atomic mass is 35.5. The summed E-state index contributed by atoms with van der Waals surface area (Å²) in [6, 6.07) is 4.66. The molecule has 84 valence electrons. The molecule has 0 atom stereocenters. The van der Waals surface area contributed by atoms with E-state index in [1.807, 2.05) is 0 Å². The molecule has 2 N–H and O–H groups in total. The Labute approximate surface area is 96.8 Å². The zero-order valence-electron chi connectivity index (χ0n) is 8.18. The fraction of sp³-hybridized carbons (Fsp3) is 0.0909. The Kier molecular flexibility index (Phi) is 4.08. The number of halogens is 1.